The summed E-state index contributed by atoms with van der Waals surface area (Å²) in [5.74, 6) is 0.360. The summed E-state index contributed by atoms with van der Waals surface area (Å²) in [6, 6.07) is 7.68. The second-order valence-corrected chi connectivity index (χ2v) is 6.05. The van der Waals surface area contributed by atoms with Crippen molar-refractivity contribution in [2.45, 2.75) is 26.3 Å². The predicted octanol–water partition coefficient (Wildman–Crippen LogP) is 2.24. The molecule has 0 fully saturated rings. The van der Waals surface area contributed by atoms with E-state index in [4.69, 9.17) is 0 Å². The summed E-state index contributed by atoms with van der Waals surface area (Å²) < 4.78 is 1.60. The first-order valence-electron chi connectivity index (χ1n) is 6.67. The van der Waals surface area contributed by atoms with E-state index in [-0.39, 0.29) is 5.91 Å². The molecule has 0 radical (unpaired) electrons. The fourth-order valence-corrected chi connectivity index (χ4v) is 2.70. The van der Waals surface area contributed by atoms with Crippen molar-refractivity contribution in [1.29, 1.82) is 0 Å². The lowest BCUT2D eigenvalue weighted by molar-refractivity contribution is 0.0950. The molecule has 0 bridgehead atoms. The van der Waals surface area contributed by atoms with Crippen LogP contribution < -0.4 is 5.32 Å². The molecule has 1 aromatic carbocycles. The van der Waals surface area contributed by atoms with E-state index >= 15 is 0 Å². The first-order valence-corrected chi connectivity index (χ1v) is 7.49. The van der Waals surface area contributed by atoms with E-state index in [2.05, 4.69) is 34.5 Å². The van der Waals surface area contributed by atoms with Gasteiger partial charge in [0, 0.05) is 5.56 Å². The van der Waals surface area contributed by atoms with E-state index in [1.54, 1.807) is 10.8 Å². The van der Waals surface area contributed by atoms with Gasteiger partial charge in [-0.15, -0.1) is 10.2 Å². The number of hydrogen-bond donors (Lipinski definition) is 1. The molecule has 3 rings (SSSR count). The SMILES string of the molecule is CC(C)c1ccc(C(=O)NCc2nn3cnnc3s2)cc1. The number of carbonyl (C=O) groups is 1. The van der Waals surface area contributed by atoms with Gasteiger partial charge >= 0.3 is 0 Å². The maximum absolute atomic E-state index is 12.1. The van der Waals surface area contributed by atoms with Crippen LogP contribution in [-0.4, -0.2) is 25.7 Å². The second kappa shape index (κ2) is 5.61. The molecule has 2 aromatic heterocycles. The number of aromatic nitrogens is 4. The van der Waals surface area contributed by atoms with Crippen molar-refractivity contribution in [3.05, 3.63) is 46.7 Å². The fourth-order valence-electron chi connectivity index (χ4n) is 1.95. The third kappa shape index (κ3) is 2.92. The maximum Gasteiger partial charge on any atom is 0.251 e. The van der Waals surface area contributed by atoms with Crippen molar-refractivity contribution in [2.75, 3.05) is 0 Å². The van der Waals surface area contributed by atoms with Crippen LogP contribution in [0.5, 0.6) is 0 Å². The predicted molar refractivity (Wildman–Crippen MR) is 80.4 cm³/mol. The molecule has 0 unspecified atom stereocenters. The van der Waals surface area contributed by atoms with E-state index in [0.717, 1.165) is 9.97 Å². The second-order valence-electron chi connectivity index (χ2n) is 5.01. The minimum Gasteiger partial charge on any atom is -0.345 e. The lowest BCUT2D eigenvalue weighted by Gasteiger charge is -2.07. The standard InChI is InChI=1S/C14H15N5OS/c1-9(2)10-3-5-11(6-4-10)13(20)15-7-12-18-19-8-16-17-14(19)21-12/h3-6,8-9H,7H2,1-2H3,(H,15,20). The van der Waals surface area contributed by atoms with Crippen molar-refractivity contribution in [1.82, 2.24) is 25.1 Å². The Kier molecular flexibility index (Phi) is 3.66. The molecule has 3 aromatic rings. The molecule has 6 nitrogen and oxygen atoms in total. The first kappa shape index (κ1) is 13.7. The molecule has 0 aliphatic rings. The van der Waals surface area contributed by atoms with Crippen LogP contribution in [0.4, 0.5) is 0 Å². The van der Waals surface area contributed by atoms with Crippen molar-refractivity contribution in [2.24, 2.45) is 0 Å². The van der Waals surface area contributed by atoms with Crippen LogP contribution in [0.2, 0.25) is 0 Å². The molecular formula is C14H15N5OS. The van der Waals surface area contributed by atoms with E-state index in [9.17, 15) is 4.79 Å². The van der Waals surface area contributed by atoms with Crippen LogP contribution in [0.25, 0.3) is 4.96 Å². The van der Waals surface area contributed by atoms with E-state index in [1.807, 2.05) is 24.3 Å². The quantitative estimate of drug-likeness (QED) is 0.802. The minimum atomic E-state index is -0.101. The number of amides is 1. The van der Waals surface area contributed by atoms with Gasteiger partial charge < -0.3 is 5.32 Å². The van der Waals surface area contributed by atoms with Crippen LogP contribution in [-0.2, 0) is 6.54 Å². The molecule has 0 saturated carbocycles. The lowest BCUT2D eigenvalue weighted by atomic mass is 10.0. The molecule has 7 heteroatoms. The molecule has 2 heterocycles. The minimum absolute atomic E-state index is 0.101. The largest absolute Gasteiger partial charge is 0.345 e. The average Bonchev–Trinajstić information content (AvgIpc) is 3.06. The molecule has 1 amide bonds. The first-order chi connectivity index (χ1) is 10.1. The number of hydrogen-bond acceptors (Lipinski definition) is 5. The van der Waals surface area contributed by atoms with Gasteiger partial charge in [-0.25, -0.2) is 0 Å². The topological polar surface area (TPSA) is 72.2 Å². The molecule has 21 heavy (non-hydrogen) atoms. The van der Waals surface area contributed by atoms with Gasteiger partial charge in [0.25, 0.3) is 5.91 Å². The van der Waals surface area contributed by atoms with E-state index < -0.39 is 0 Å². The number of fused-ring (bicyclic) bond motifs is 1. The molecule has 0 spiro atoms. The van der Waals surface area contributed by atoms with Crippen LogP contribution in [0, 0.1) is 0 Å². The highest BCUT2D eigenvalue weighted by atomic mass is 32.1. The molecule has 0 saturated heterocycles. The normalized spacial score (nSPS) is 11.2. The smallest absolute Gasteiger partial charge is 0.251 e. The highest BCUT2D eigenvalue weighted by Crippen LogP contribution is 2.15. The van der Waals surface area contributed by atoms with Crippen LogP contribution in [0.3, 0.4) is 0 Å². The molecule has 1 N–H and O–H groups in total. The summed E-state index contributed by atoms with van der Waals surface area (Å²) in [6.07, 6.45) is 1.54. The van der Waals surface area contributed by atoms with Crippen LogP contribution >= 0.6 is 11.3 Å². The summed E-state index contributed by atoms with van der Waals surface area (Å²) in [5.41, 5.74) is 1.88. The zero-order valence-electron chi connectivity index (χ0n) is 11.8. The molecule has 0 aliphatic heterocycles. The fraction of sp³-hybridized carbons (Fsp3) is 0.286. The summed E-state index contributed by atoms with van der Waals surface area (Å²) >= 11 is 1.41. The number of nitrogens with one attached hydrogen (secondary N) is 1. The van der Waals surface area contributed by atoms with E-state index in [1.165, 1.54) is 16.9 Å². The maximum atomic E-state index is 12.1. The Hall–Kier alpha value is -2.28. The van der Waals surface area contributed by atoms with Gasteiger partial charge in [0.15, 0.2) is 0 Å². The van der Waals surface area contributed by atoms with Gasteiger partial charge in [-0.1, -0.05) is 37.3 Å². The number of nitrogens with zero attached hydrogens (tertiary/aromatic N) is 4. The summed E-state index contributed by atoms with van der Waals surface area (Å²) in [4.78, 5) is 12.8. The highest BCUT2D eigenvalue weighted by molar-refractivity contribution is 7.16. The third-order valence-electron chi connectivity index (χ3n) is 3.17. The Balaban J connectivity index is 1.64. The third-order valence-corrected chi connectivity index (χ3v) is 4.08. The van der Waals surface area contributed by atoms with Gasteiger partial charge in [-0.3, -0.25) is 4.79 Å². The van der Waals surface area contributed by atoms with Gasteiger partial charge in [0.05, 0.1) is 6.54 Å². The molecule has 108 valence electrons. The van der Waals surface area contributed by atoms with Crippen molar-refractivity contribution in [3.8, 4) is 0 Å². The lowest BCUT2D eigenvalue weighted by Crippen LogP contribution is -2.22. The summed E-state index contributed by atoms with van der Waals surface area (Å²) in [6.45, 7) is 4.64. The Labute approximate surface area is 125 Å². The Morgan fingerprint density at radius 1 is 1.33 bits per heavy atom. The molecule has 0 aliphatic carbocycles. The Bertz CT molecular complexity index is 731. The van der Waals surface area contributed by atoms with Crippen molar-refractivity contribution < 1.29 is 4.79 Å². The zero-order chi connectivity index (χ0) is 14.8. The molecular weight excluding hydrogens is 286 g/mol. The zero-order valence-corrected chi connectivity index (χ0v) is 12.6. The monoisotopic (exact) mass is 301 g/mol. The molecule has 0 atom stereocenters. The highest BCUT2D eigenvalue weighted by Gasteiger charge is 2.09. The number of benzene rings is 1. The van der Waals surface area contributed by atoms with Gasteiger partial charge in [0.2, 0.25) is 4.96 Å². The number of rotatable bonds is 4. The number of carbonyl (C=O) groups excluding carboxylic acids is 1. The van der Waals surface area contributed by atoms with Crippen LogP contribution in [0.15, 0.2) is 30.6 Å². The van der Waals surface area contributed by atoms with Gasteiger partial charge in [-0.2, -0.15) is 9.61 Å². The average molecular weight is 301 g/mol. The van der Waals surface area contributed by atoms with Gasteiger partial charge in [0.1, 0.15) is 11.3 Å². The van der Waals surface area contributed by atoms with Crippen molar-refractivity contribution in [3.63, 3.8) is 0 Å². The van der Waals surface area contributed by atoms with Gasteiger partial charge in [-0.05, 0) is 23.6 Å². The summed E-state index contributed by atoms with van der Waals surface area (Å²) in [5, 5.41) is 15.6. The van der Waals surface area contributed by atoms with Crippen LogP contribution in [0.1, 0.15) is 40.7 Å². The Morgan fingerprint density at radius 2 is 2.10 bits per heavy atom. The van der Waals surface area contributed by atoms with Crippen molar-refractivity contribution >= 4 is 22.2 Å². The van der Waals surface area contributed by atoms with E-state index in [0.29, 0.717) is 18.0 Å². The Morgan fingerprint density at radius 3 is 2.76 bits per heavy atom. The summed E-state index contributed by atoms with van der Waals surface area (Å²) in [7, 11) is 0.